The van der Waals surface area contributed by atoms with E-state index in [0.717, 1.165) is 25.1 Å². The van der Waals surface area contributed by atoms with E-state index in [1.54, 1.807) is 0 Å². The predicted octanol–water partition coefficient (Wildman–Crippen LogP) is 5.18. The van der Waals surface area contributed by atoms with Gasteiger partial charge in [-0.1, -0.05) is 84.9 Å². The monoisotopic (exact) mass is 371 g/mol. The van der Waals surface area contributed by atoms with Gasteiger partial charge in [0.2, 0.25) is 0 Å². The summed E-state index contributed by atoms with van der Waals surface area (Å²) >= 11 is 0. The van der Waals surface area contributed by atoms with E-state index in [1.165, 1.54) is 16.7 Å². The number of nitrogens with zero attached hydrogens (tertiary/aromatic N) is 1. The summed E-state index contributed by atoms with van der Waals surface area (Å²) in [4.78, 5) is 2.57. The van der Waals surface area contributed by atoms with Gasteiger partial charge >= 0.3 is 0 Å². The highest BCUT2D eigenvalue weighted by Gasteiger charge is 2.34. The van der Waals surface area contributed by atoms with Crippen LogP contribution in [0.15, 0.2) is 84.9 Å². The first kappa shape index (κ1) is 18.9. The van der Waals surface area contributed by atoms with Crippen molar-refractivity contribution in [2.45, 2.75) is 31.9 Å². The molecule has 28 heavy (non-hydrogen) atoms. The van der Waals surface area contributed by atoms with Gasteiger partial charge in [-0.2, -0.15) is 0 Å². The van der Waals surface area contributed by atoms with Gasteiger partial charge in [0.05, 0.1) is 11.6 Å². The van der Waals surface area contributed by atoms with E-state index in [9.17, 15) is 5.11 Å². The third-order valence-electron chi connectivity index (χ3n) is 5.77. The molecule has 0 unspecified atom stereocenters. The van der Waals surface area contributed by atoms with Crippen molar-refractivity contribution in [2.24, 2.45) is 5.92 Å². The van der Waals surface area contributed by atoms with Crippen LogP contribution in [0.1, 0.15) is 42.1 Å². The van der Waals surface area contributed by atoms with Gasteiger partial charge in [-0.25, -0.2) is 0 Å². The lowest BCUT2D eigenvalue weighted by Crippen LogP contribution is -2.49. The van der Waals surface area contributed by atoms with Gasteiger partial charge in [-0.05, 0) is 48.4 Å². The van der Waals surface area contributed by atoms with E-state index in [0.29, 0.717) is 12.0 Å². The molecule has 3 aromatic carbocycles. The molecule has 3 aromatic rings. The van der Waals surface area contributed by atoms with Crippen molar-refractivity contribution in [1.82, 2.24) is 4.90 Å². The van der Waals surface area contributed by atoms with Crippen LogP contribution in [0.5, 0.6) is 0 Å². The zero-order chi connectivity index (χ0) is 19.6. The molecule has 0 radical (unpaired) electrons. The maximum atomic E-state index is 10.5. The largest absolute Gasteiger partial charge is 0.386 e. The van der Waals surface area contributed by atoms with Crippen LogP contribution in [0.3, 0.4) is 0 Å². The van der Waals surface area contributed by atoms with Crippen LogP contribution < -0.4 is 0 Å². The van der Waals surface area contributed by atoms with Gasteiger partial charge in [-0.15, -0.1) is 0 Å². The maximum Gasteiger partial charge on any atom is 0.0843 e. The van der Waals surface area contributed by atoms with E-state index < -0.39 is 5.60 Å². The second-order valence-corrected chi connectivity index (χ2v) is 8.46. The minimum Gasteiger partial charge on any atom is -0.386 e. The Morgan fingerprint density at radius 1 is 0.821 bits per heavy atom. The number of likely N-dealkylation sites (tertiary alicyclic amines) is 1. The summed E-state index contributed by atoms with van der Waals surface area (Å²) in [6.45, 7) is 5.91. The fourth-order valence-electron chi connectivity index (χ4n) is 4.44. The zero-order valence-electron chi connectivity index (χ0n) is 16.8. The summed E-state index contributed by atoms with van der Waals surface area (Å²) in [6, 6.07) is 30.2. The molecule has 1 fully saturated rings. The van der Waals surface area contributed by atoms with Gasteiger partial charge in [-0.3, -0.25) is 4.90 Å². The van der Waals surface area contributed by atoms with Gasteiger partial charge in [0.1, 0.15) is 0 Å². The fraction of sp³-hybridized carbons (Fsp3) is 0.308. The summed E-state index contributed by atoms with van der Waals surface area (Å²) in [5, 5.41) is 10.5. The summed E-state index contributed by atoms with van der Waals surface area (Å²) in [5.74, 6) is 0.624. The summed E-state index contributed by atoms with van der Waals surface area (Å²) in [5.41, 5.74) is 4.23. The highest BCUT2D eigenvalue weighted by Crippen LogP contribution is 2.36. The van der Waals surface area contributed by atoms with E-state index in [4.69, 9.17) is 0 Å². The topological polar surface area (TPSA) is 23.5 Å². The number of benzene rings is 3. The normalized spacial score (nSPS) is 15.6. The molecule has 4 rings (SSSR count). The standard InChI is InChI=1S/C26H29NO/c1-26(2,28)24-16-10-9-15-23(24)17-20-18-27(19-20)25(21-11-5-3-6-12-21)22-13-7-4-8-14-22/h3-16,20,25,28H,17-19H2,1-2H3. The SMILES string of the molecule is CC(C)(O)c1ccccc1CC1CN(C(c2ccccc2)c2ccccc2)C1. The Balaban J connectivity index is 1.50. The second-order valence-electron chi connectivity index (χ2n) is 8.46. The molecule has 0 aromatic heterocycles. The molecular weight excluding hydrogens is 342 g/mol. The third-order valence-corrected chi connectivity index (χ3v) is 5.77. The van der Waals surface area contributed by atoms with E-state index in [1.807, 2.05) is 19.9 Å². The molecule has 1 aliphatic rings. The Hall–Kier alpha value is -2.42. The fourth-order valence-corrected chi connectivity index (χ4v) is 4.44. The Morgan fingerprint density at radius 2 is 1.32 bits per heavy atom. The van der Waals surface area contributed by atoms with E-state index in [2.05, 4.69) is 83.8 Å². The van der Waals surface area contributed by atoms with Crippen molar-refractivity contribution in [3.63, 3.8) is 0 Å². The molecule has 0 aliphatic carbocycles. The smallest absolute Gasteiger partial charge is 0.0843 e. The molecule has 1 N–H and O–H groups in total. The van der Waals surface area contributed by atoms with Gasteiger partial charge < -0.3 is 5.11 Å². The highest BCUT2D eigenvalue weighted by molar-refractivity contribution is 5.34. The number of hydrogen-bond donors (Lipinski definition) is 1. The van der Waals surface area contributed by atoms with Crippen molar-refractivity contribution < 1.29 is 5.11 Å². The molecule has 0 atom stereocenters. The molecule has 0 bridgehead atoms. The molecule has 1 heterocycles. The first-order chi connectivity index (χ1) is 13.5. The average Bonchev–Trinajstić information content (AvgIpc) is 2.67. The minimum absolute atomic E-state index is 0.308. The molecule has 144 valence electrons. The molecule has 1 aliphatic heterocycles. The zero-order valence-corrected chi connectivity index (χ0v) is 16.8. The minimum atomic E-state index is -0.795. The highest BCUT2D eigenvalue weighted by atomic mass is 16.3. The lowest BCUT2D eigenvalue weighted by atomic mass is 9.83. The van der Waals surface area contributed by atoms with E-state index in [-0.39, 0.29) is 0 Å². The average molecular weight is 372 g/mol. The summed E-state index contributed by atoms with van der Waals surface area (Å²) in [7, 11) is 0. The number of aliphatic hydroxyl groups is 1. The van der Waals surface area contributed by atoms with Crippen molar-refractivity contribution in [2.75, 3.05) is 13.1 Å². The lowest BCUT2D eigenvalue weighted by Gasteiger charge is -2.45. The third kappa shape index (κ3) is 4.04. The van der Waals surface area contributed by atoms with Crippen LogP contribution in [0.25, 0.3) is 0 Å². The van der Waals surface area contributed by atoms with Crippen LogP contribution in [0, 0.1) is 5.92 Å². The first-order valence-corrected chi connectivity index (χ1v) is 10.2. The van der Waals surface area contributed by atoms with Crippen LogP contribution in [-0.4, -0.2) is 23.1 Å². The maximum absolute atomic E-state index is 10.5. The predicted molar refractivity (Wildman–Crippen MR) is 115 cm³/mol. The molecule has 2 nitrogen and oxygen atoms in total. The second kappa shape index (κ2) is 7.90. The molecule has 0 saturated carbocycles. The molecule has 0 amide bonds. The van der Waals surface area contributed by atoms with Gasteiger partial charge in [0.25, 0.3) is 0 Å². The molecule has 2 heteroatoms. The van der Waals surface area contributed by atoms with Crippen molar-refractivity contribution in [1.29, 1.82) is 0 Å². The van der Waals surface area contributed by atoms with Crippen LogP contribution in [0.4, 0.5) is 0 Å². The van der Waals surface area contributed by atoms with Crippen molar-refractivity contribution in [3.05, 3.63) is 107 Å². The van der Waals surface area contributed by atoms with Crippen molar-refractivity contribution >= 4 is 0 Å². The lowest BCUT2D eigenvalue weighted by molar-refractivity contribution is 0.0634. The Morgan fingerprint density at radius 3 is 1.86 bits per heavy atom. The summed E-state index contributed by atoms with van der Waals surface area (Å²) < 4.78 is 0. The molecule has 1 saturated heterocycles. The quantitative estimate of drug-likeness (QED) is 0.645. The molecular formula is C26H29NO. The number of rotatable bonds is 6. The van der Waals surface area contributed by atoms with Crippen molar-refractivity contribution in [3.8, 4) is 0 Å². The number of hydrogen-bond acceptors (Lipinski definition) is 2. The van der Waals surface area contributed by atoms with Crippen LogP contribution in [0.2, 0.25) is 0 Å². The first-order valence-electron chi connectivity index (χ1n) is 10.2. The summed E-state index contributed by atoms with van der Waals surface area (Å²) in [6.07, 6.45) is 1.02. The van der Waals surface area contributed by atoms with E-state index >= 15 is 0 Å². The van der Waals surface area contributed by atoms with Crippen LogP contribution >= 0.6 is 0 Å². The Labute approximate surface area is 168 Å². The Kier molecular flexibility index (Phi) is 5.34. The Bertz CT molecular complexity index is 853. The van der Waals surface area contributed by atoms with Crippen LogP contribution in [-0.2, 0) is 12.0 Å². The molecule has 0 spiro atoms. The van der Waals surface area contributed by atoms with Gasteiger partial charge in [0, 0.05) is 13.1 Å². The van der Waals surface area contributed by atoms with Gasteiger partial charge in [0.15, 0.2) is 0 Å².